The van der Waals surface area contributed by atoms with Crippen molar-refractivity contribution in [3.05, 3.63) is 71.7 Å². The molecule has 13 heteroatoms. The number of nitrogens with zero attached hydrogens (tertiary/aromatic N) is 6. The molecule has 2 aromatic heterocycles. The van der Waals surface area contributed by atoms with Crippen molar-refractivity contribution in [2.75, 3.05) is 32.0 Å². The molecule has 2 atom stereocenters. The van der Waals surface area contributed by atoms with Crippen LogP contribution in [0.2, 0.25) is 0 Å². The van der Waals surface area contributed by atoms with Crippen molar-refractivity contribution < 1.29 is 19.2 Å². The van der Waals surface area contributed by atoms with E-state index in [1.165, 1.54) is 4.90 Å². The summed E-state index contributed by atoms with van der Waals surface area (Å²) in [5.41, 5.74) is 1.86. The molecule has 1 saturated heterocycles. The molecular formula is C28H33N9O4. The van der Waals surface area contributed by atoms with Gasteiger partial charge in [0.05, 0.1) is 19.3 Å². The van der Waals surface area contributed by atoms with Crippen molar-refractivity contribution in [3.63, 3.8) is 0 Å². The quantitative estimate of drug-likeness (QED) is 0.410. The van der Waals surface area contributed by atoms with Crippen LogP contribution >= 0.6 is 0 Å². The van der Waals surface area contributed by atoms with E-state index in [2.05, 4.69) is 31.2 Å². The minimum Gasteiger partial charge on any atom is -0.373 e. The molecule has 2 aliphatic heterocycles. The lowest BCUT2D eigenvalue weighted by atomic mass is 10.0. The number of carbonyl (C=O) groups excluding carboxylic acids is 4. The number of rotatable bonds is 4. The van der Waals surface area contributed by atoms with Crippen LogP contribution in [-0.4, -0.2) is 92.2 Å². The number of piperazine rings is 1. The number of aromatic nitrogens is 4. The maximum Gasteiger partial charge on any atom is 0.254 e. The summed E-state index contributed by atoms with van der Waals surface area (Å²) in [4.78, 5) is 61.2. The van der Waals surface area contributed by atoms with Crippen molar-refractivity contribution in [2.24, 2.45) is 0 Å². The Kier molecular flexibility index (Phi) is 8.51. The van der Waals surface area contributed by atoms with E-state index < -0.39 is 18.0 Å². The monoisotopic (exact) mass is 559 g/mol. The number of fused-ring (bicyclic) bond motifs is 3. The molecule has 2 aliphatic rings. The van der Waals surface area contributed by atoms with E-state index in [1.54, 1.807) is 41.2 Å². The standard InChI is InChI=1S/C28H33N9O4/c1-29-24-15-20(9-10-30-24)27(40)35-12-13-37-23(18-35)26(39)31-16-21-17-36(34-33-21)11-5-8-25(38)32-22(28(37)41)14-19-6-3-2-4-7-19/h2-4,6-7,9-10,15,17,22-23H,5,8,11-14,16,18H2,1H3,(H,29,30)(H,31,39)(H,32,38)/t22-,23+/m0/s1. The van der Waals surface area contributed by atoms with Crippen LogP contribution in [0, 0.1) is 0 Å². The molecular weight excluding hydrogens is 526 g/mol. The molecule has 1 fully saturated rings. The average molecular weight is 560 g/mol. The molecule has 0 saturated carbocycles. The first-order chi connectivity index (χ1) is 19.9. The topological polar surface area (TPSA) is 154 Å². The van der Waals surface area contributed by atoms with Crippen LogP contribution in [-0.2, 0) is 33.9 Å². The van der Waals surface area contributed by atoms with Crippen LogP contribution in [0.3, 0.4) is 0 Å². The summed E-state index contributed by atoms with van der Waals surface area (Å²) in [7, 11) is 1.71. The maximum absolute atomic E-state index is 14.0. The van der Waals surface area contributed by atoms with Gasteiger partial charge in [0.25, 0.3) is 5.91 Å². The Morgan fingerprint density at radius 1 is 1.10 bits per heavy atom. The highest BCUT2D eigenvalue weighted by Gasteiger charge is 2.40. The second-order valence-electron chi connectivity index (χ2n) is 10.1. The van der Waals surface area contributed by atoms with Gasteiger partial charge in [-0.25, -0.2) is 4.98 Å². The fraction of sp³-hybridized carbons (Fsp3) is 0.393. The zero-order chi connectivity index (χ0) is 28.8. The van der Waals surface area contributed by atoms with E-state index in [0.717, 1.165) is 5.56 Å². The van der Waals surface area contributed by atoms with Gasteiger partial charge in [0.15, 0.2) is 0 Å². The van der Waals surface area contributed by atoms with Gasteiger partial charge in [-0.3, -0.25) is 23.9 Å². The Morgan fingerprint density at radius 2 is 1.93 bits per heavy atom. The number of aryl methyl sites for hydroxylation is 1. The second kappa shape index (κ2) is 12.6. The van der Waals surface area contributed by atoms with E-state index in [9.17, 15) is 19.2 Å². The smallest absolute Gasteiger partial charge is 0.254 e. The number of pyridine rings is 1. The number of amides is 4. The number of nitrogens with one attached hydrogen (secondary N) is 3. The van der Waals surface area contributed by atoms with Crippen molar-refractivity contribution in [1.82, 2.24) is 40.4 Å². The Labute approximate surface area is 237 Å². The summed E-state index contributed by atoms with van der Waals surface area (Å²) in [6, 6.07) is 10.8. The Balaban J connectivity index is 1.43. The van der Waals surface area contributed by atoms with Crippen molar-refractivity contribution >= 4 is 29.4 Å². The normalized spacial score (nSPS) is 20.3. The zero-order valence-corrected chi connectivity index (χ0v) is 22.8. The third kappa shape index (κ3) is 6.68. The van der Waals surface area contributed by atoms with Crippen molar-refractivity contribution in [2.45, 2.75) is 44.4 Å². The summed E-state index contributed by atoms with van der Waals surface area (Å²) in [6.07, 6.45) is 4.25. The number of hydrogen-bond acceptors (Lipinski definition) is 8. The first kappa shape index (κ1) is 27.7. The Morgan fingerprint density at radius 3 is 2.73 bits per heavy atom. The molecule has 0 spiro atoms. The van der Waals surface area contributed by atoms with Gasteiger partial charge >= 0.3 is 0 Å². The zero-order valence-electron chi connectivity index (χ0n) is 22.8. The van der Waals surface area contributed by atoms with Crippen LogP contribution in [0.5, 0.6) is 0 Å². The third-order valence-corrected chi connectivity index (χ3v) is 7.25. The van der Waals surface area contributed by atoms with Crippen LogP contribution in [0.1, 0.15) is 34.5 Å². The van der Waals surface area contributed by atoms with E-state index in [1.807, 2.05) is 30.3 Å². The molecule has 1 aromatic carbocycles. The molecule has 4 heterocycles. The van der Waals surface area contributed by atoms with Gasteiger partial charge in [-0.2, -0.15) is 0 Å². The highest BCUT2D eigenvalue weighted by atomic mass is 16.2. The summed E-state index contributed by atoms with van der Waals surface area (Å²) in [5.74, 6) is -0.770. The van der Waals surface area contributed by atoms with Gasteiger partial charge in [-0.15, -0.1) is 5.10 Å². The van der Waals surface area contributed by atoms with Gasteiger partial charge < -0.3 is 25.8 Å². The van der Waals surface area contributed by atoms with Crippen molar-refractivity contribution in [3.8, 4) is 0 Å². The molecule has 4 amide bonds. The molecule has 0 radical (unpaired) electrons. The molecule has 0 aliphatic carbocycles. The molecule has 214 valence electrons. The van der Waals surface area contributed by atoms with Crippen LogP contribution in [0.4, 0.5) is 5.82 Å². The number of hydrogen-bond donors (Lipinski definition) is 3. The summed E-state index contributed by atoms with van der Waals surface area (Å²) in [6.45, 7) is 0.940. The minimum atomic E-state index is -0.971. The van der Waals surface area contributed by atoms with Gasteiger partial charge in [0, 0.05) is 51.3 Å². The molecule has 3 aromatic rings. The first-order valence-corrected chi connectivity index (χ1v) is 13.6. The largest absolute Gasteiger partial charge is 0.373 e. The summed E-state index contributed by atoms with van der Waals surface area (Å²) in [5, 5.41) is 16.9. The van der Waals surface area contributed by atoms with Gasteiger partial charge in [0.1, 0.15) is 23.6 Å². The fourth-order valence-electron chi connectivity index (χ4n) is 5.08. The highest BCUT2D eigenvalue weighted by Crippen LogP contribution is 2.18. The van der Waals surface area contributed by atoms with Crippen LogP contribution in [0.25, 0.3) is 0 Å². The molecule has 41 heavy (non-hydrogen) atoms. The lowest BCUT2D eigenvalue weighted by molar-refractivity contribution is -0.146. The van der Waals surface area contributed by atoms with Crippen molar-refractivity contribution in [1.29, 1.82) is 0 Å². The van der Waals surface area contributed by atoms with Gasteiger partial charge in [-0.1, -0.05) is 35.5 Å². The second-order valence-corrected chi connectivity index (χ2v) is 10.1. The van der Waals surface area contributed by atoms with E-state index in [4.69, 9.17) is 0 Å². The maximum atomic E-state index is 14.0. The molecule has 2 bridgehead atoms. The minimum absolute atomic E-state index is 0.00763. The van der Waals surface area contributed by atoms with Gasteiger partial charge in [0.2, 0.25) is 17.7 Å². The SMILES string of the molecule is CNc1cc(C(=O)N2CCN3C(=O)[C@H](Cc4ccccc4)NC(=O)CCCn4cc(nn4)CNC(=O)[C@H]3C2)ccn1. The Bertz CT molecular complexity index is 1410. The van der Waals surface area contributed by atoms with E-state index in [-0.39, 0.29) is 56.7 Å². The molecule has 3 N–H and O–H groups in total. The third-order valence-electron chi connectivity index (χ3n) is 7.25. The average Bonchev–Trinajstić information content (AvgIpc) is 3.46. The predicted octanol–water partition coefficient (Wildman–Crippen LogP) is 0.206. The Hall–Kier alpha value is -4.81. The van der Waals surface area contributed by atoms with E-state index >= 15 is 0 Å². The van der Waals surface area contributed by atoms with Crippen LogP contribution in [0.15, 0.2) is 54.9 Å². The molecule has 0 unspecified atom stereocenters. The lowest BCUT2D eigenvalue weighted by Crippen LogP contribution is -2.64. The molecule has 13 nitrogen and oxygen atoms in total. The highest BCUT2D eigenvalue weighted by molar-refractivity contribution is 5.97. The lowest BCUT2D eigenvalue weighted by Gasteiger charge is -2.42. The van der Waals surface area contributed by atoms with Gasteiger partial charge in [-0.05, 0) is 24.1 Å². The first-order valence-electron chi connectivity index (χ1n) is 13.6. The summed E-state index contributed by atoms with van der Waals surface area (Å²) >= 11 is 0. The fourth-order valence-corrected chi connectivity index (χ4v) is 5.08. The number of benzene rings is 1. The van der Waals surface area contributed by atoms with Crippen LogP contribution < -0.4 is 16.0 Å². The number of carbonyl (C=O) groups is 4. The summed E-state index contributed by atoms with van der Waals surface area (Å²) < 4.78 is 1.63. The molecule has 5 rings (SSSR count). The van der Waals surface area contributed by atoms with E-state index in [0.29, 0.717) is 30.0 Å². The predicted molar refractivity (Wildman–Crippen MR) is 148 cm³/mol. The number of anilines is 1.